The number of primary amides is 1. The standard InChI is InChI=1S/C79H85Cl2N9O25/c1-32-69(99)78(3,84)28-55(108-32)113-66-37-11-17-43(18-12-37)110-51-23-40-24-52(67(51)115-77-68(65(98)64(97)53(31-91)112-77)114-56-29-79(4,70(100)33(2)109-56)85-30-34-5-7-35(8-6-34)36-9-15-41(80)16-10-36)111-50-20-14-39(22-46(50)81)63(96)58(83)72(102)86-47(27-54(82)95)71(101)87-60(40)74(104)88-59-38-13-19-48(93)44(21-38)57-45(25-42(92)26-49(57)94)61(76(106)107)89-75(105)62(66)90-73(59)103/h5-26,32-33,47,53,55-56,58-66,68-70,77,85,91-94,96-100H,27-31,83-84H2,1-4H3,(H2,82,95)(H,86,102)(H,87,101)(H,88,104)(H,89,105)(H,90,103)(H,106,107)/t32-,33-,47-,53+,55-,56-,58+,59+,60+,61-,62-,63+,64+,65-,66+,68+,69-,70-,77-,78-,79-/m0/s1. The van der Waals surface area contributed by atoms with Gasteiger partial charge in [-0.1, -0.05) is 83.9 Å². The number of carboxylic acids is 1. The number of aliphatic hydroxyl groups is 6. The van der Waals surface area contributed by atoms with Crippen molar-refractivity contribution >= 4 is 64.6 Å². The van der Waals surface area contributed by atoms with Crippen molar-refractivity contribution in [3.05, 3.63) is 177 Å². The molecule has 8 aliphatic heterocycles. The average Bonchev–Trinajstić information content (AvgIpc) is 0.765. The van der Waals surface area contributed by atoms with Gasteiger partial charge in [0.25, 0.3) is 0 Å². The van der Waals surface area contributed by atoms with Crippen molar-refractivity contribution in [2.45, 2.75) is 181 Å². The van der Waals surface area contributed by atoms with Gasteiger partial charge in [0.2, 0.25) is 47.5 Å². The fraction of sp³-hybridized carbons (Fsp3) is 0.380. The molecular formula is C79H85Cl2N9O25. The monoisotopic (exact) mass is 1630 g/mol. The molecule has 21 atom stereocenters. The van der Waals surface area contributed by atoms with E-state index in [4.69, 9.17) is 78.3 Å². The number of aromatic hydroxyl groups is 3. The minimum Gasteiger partial charge on any atom is -0.508 e. The molecule has 115 heavy (non-hydrogen) atoms. The number of hydrogen-bond donors (Lipinski definition) is 19. The van der Waals surface area contributed by atoms with Crippen LogP contribution in [0, 0.1) is 0 Å². The zero-order chi connectivity index (χ0) is 82.5. The molecule has 34 nitrogen and oxygen atoms in total. The summed E-state index contributed by atoms with van der Waals surface area (Å²) >= 11 is 13.2. The van der Waals surface area contributed by atoms with Crippen LogP contribution >= 0.6 is 23.2 Å². The predicted octanol–water partition coefficient (Wildman–Crippen LogP) is 3.05. The second-order valence-electron chi connectivity index (χ2n) is 29.7. The number of nitrogens with two attached hydrogens (primary N) is 3. The van der Waals surface area contributed by atoms with E-state index in [0.717, 1.165) is 59.2 Å². The summed E-state index contributed by atoms with van der Waals surface area (Å²) in [5.74, 6) is -14.2. The van der Waals surface area contributed by atoms with Crippen molar-refractivity contribution in [1.29, 1.82) is 0 Å². The van der Waals surface area contributed by atoms with Crippen LogP contribution in [0.2, 0.25) is 10.0 Å². The number of carbonyl (C=O) groups is 7. The Labute approximate surface area is 665 Å². The van der Waals surface area contributed by atoms with Crippen LogP contribution in [0.3, 0.4) is 0 Å². The Hall–Kier alpha value is -10.4. The summed E-state index contributed by atoms with van der Waals surface area (Å²) in [5, 5.41) is 131. The summed E-state index contributed by atoms with van der Waals surface area (Å²) in [6.07, 6.45) is -22.2. The number of phenolic OH excluding ortho intramolecular Hbond substituents is 3. The third kappa shape index (κ3) is 17.5. The molecule has 8 heterocycles. The van der Waals surface area contributed by atoms with Gasteiger partial charge < -0.3 is 138 Å². The summed E-state index contributed by atoms with van der Waals surface area (Å²) in [5.41, 5.74) is 16.3. The molecule has 0 unspecified atom stereocenters. The zero-order valence-electron chi connectivity index (χ0n) is 61.8. The molecule has 0 spiro atoms. The first kappa shape index (κ1) is 82.6. The Bertz CT molecular complexity index is 4880. The fourth-order valence-electron chi connectivity index (χ4n) is 14.9. The van der Waals surface area contributed by atoms with Gasteiger partial charge in [-0.05, 0) is 133 Å². The van der Waals surface area contributed by atoms with Gasteiger partial charge in [0.05, 0.1) is 42.5 Å². The van der Waals surface area contributed by atoms with Gasteiger partial charge >= 0.3 is 5.97 Å². The maximum Gasteiger partial charge on any atom is 0.330 e. The van der Waals surface area contributed by atoms with Crippen molar-refractivity contribution in [2.24, 2.45) is 17.2 Å². The first-order chi connectivity index (χ1) is 54.5. The third-order valence-electron chi connectivity index (χ3n) is 21.2. The molecule has 22 N–H and O–H groups in total. The molecule has 11 bridgehead atoms. The van der Waals surface area contributed by atoms with Gasteiger partial charge in [-0.3, -0.25) is 28.8 Å². The highest BCUT2D eigenvalue weighted by Gasteiger charge is 2.53. The molecule has 6 amide bonds. The Morgan fingerprint density at radius 2 is 1.24 bits per heavy atom. The molecule has 0 radical (unpaired) electrons. The fourth-order valence-corrected chi connectivity index (χ4v) is 15.3. The highest BCUT2D eigenvalue weighted by molar-refractivity contribution is 6.32. The molecule has 610 valence electrons. The van der Waals surface area contributed by atoms with Crippen LogP contribution in [0.5, 0.6) is 46.0 Å². The molecule has 8 aliphatic rings. The number of rotatable bonds is 14. The maximum atomic E-state index is 16.3. The first-order valence-electron chi connectivity index (χ1n) is 36.5. The second-order valence-corrected chi connectivity index (χ2v) is 30.5. The van der Waals surface area contributed by atoms with Gasteiger partial charge in [0.1, 0.15) is 89.5 Å². The number of carboxylic acid groups (broad SMARTS) is 1. The van der Waals surface area contributed by atoms with Crippen LogP contribution in [-0.2, 0) is 63.8 Å². The normalized spacial score (nSPS) is 31.0. The lowest BCUT2D eigenvalue weighted by Gasteiger charge is -2.48. The summed E-state index contributed by atoms with van der Waals surface area (Å²) < 4.78 is 52.5. The summed E-state index contributed by atoms with van der Waals surface area (Å²) in [6.45, 7) is 5.55. The van der Waals surface area contributed by atoms with Crippen molar-refractivity contribution in [1.82, 2.24) is 31.9 Å². The molecule has 0 saturated carbocycles. The van der Waals surface area contributed by atoms with Crippen molar-refractivity contribution in [3.63, 3.8) is 0 Å². The molecular weight excluding hydrogens is 1550 g/mol. The van der Waals surface area contributed by atoms with Crippen LogP contribution in [0.1, 0.15) is 111 Å². The van der Waals surface area contributed by atoms with Crippen LogP contribution < -0.4 is 63.3 Å². The minimum absolute atomic E-state index is 0.0322. The number of carbonyl (C=O) groups excluding carboxylic acids is 6. The maximum absolute atomic E-state index is 16.3. The van der Waals surface area contributed by atoms with E-state index in [1.807, 2.05) is 36.4 Å². The zero-order valence-corrected chi connectivity index (χ0v) is 63.3. The van der Waals surface area contributed by atoms with E-state index >= 15 is 19.2 Å². The van der Waals surface area contributed by atoms with Gasteiger partial charge in [0, 0.05) is 58.2 Å². The molecule has 0 aromatic heterocycles. The SMILES string of the molecule is C[C@@H]1O[C@@H](O[C@@H]2c3ccc(cc3)Oc3cc4cc(c3O[C@@H]3O[C@H](CO)[C@@H](O)[C@H](O)[C@H]3O[C@H]3C[C@](C)(NCc5ccc(-c6ccc(Cl)cc6)cc5)[C@@H](O)[C@H](C)O3)Oc3ccc(cc3Cl)[C@@H](O)[C@@H](N)C(=O)N[C@@H](CC(N)=O)C(=O)N[C@H]4C(=O)N[C@H]3C(=O)N[C@@H]2C(=O)N[C@H](C(=O)O)c2cc(O)cc(O)c2-c2cc3ccc2O)C[C@](C)(N)[C@H]1O. The second kappa shape index (κ2) is 33.5. The predicted molar refractivity (Wildman–Crippen MR) is 404 cm³/mol. The van der Waals surface area contributed by atoms with Gasteiger partial charge in [0.15, 0.2) is 36.2 Å². The Kier molecular flexibility index (Phi) is 24.0. The topological polar surface area (TPSA) is 546 Å². The number of ether oxygens (including phenoxy) is 8. The number of benzene rings is 7. The van der Waals surface area contributed by atoms with Crippen molar-refractivity contribution < 1.29 is 123 Å². The average molecular weight is 1630 g/mol. The smallest absolute Gasteiger partial charge is 0.330 e. The number of nitrogens with one attached hydrogen (secondary N) is 6. The molecule has 7 aromatic carbocycles. The molecule has 36 heteroatoms. The van der Waals surface area contributed by atoms with E-state index < -0.39 is 238 Å². The highest BCUT2D eigenvalue weighted by atomic mass is 35.5. The Morgan fingerprint density at radius 1 is 0.626 bits per heavy atom. The molecule has 7 aromatic rings. The molecule has 15 rings (SSSR count). The summed E-state index contributed by atoms with van der Waals surface area (Å²) in [4.78, 5) is 104. The van der Waals surface area contributed by atoms with Gasteiger partial charge in [-0.15, -0.1) is 0 Å². The number of amides is 6. The van der Waals surface area contributed by atoms with Crippen LogP contribution in [0.25, 0.3) is 22.3 Å². The highest BCUT2D eigenvalue weighted by Crippen LogP contribution is 2.50. The van der Waals surface area contributed by atoms with Gasteiger partial charge in [-0.2, -0.15) is 0 Å². The number of fused-ring (bicyclic) bond motifs is 15. The lowest BCUT2D eigenvalue weighted by atomic mass is 9.84. The number of aliphatic carboxylic acids is 1. The van der Waals surface area contributed by atoms with Crippen molar-refractivity contribution in [3.8, 4) is 68.2 Å². The molecule has 3 saturated heterocycles. The number of aliphatic hydroxyl groups excluding tert-OH is 6. The number of phenols is 3. The minimum atomic E-state index is -2.30. The van der Waals surface area contributed by atoms with Crippen LogP contribution in [-0.4, -0.2) is 196 Å². The van der Waals surface area contributed by atoms with E-state index in [0.29, 0.717) is 5.02 Å². The third-order valence-corrected chi connectivity index (χ3v) is 21.8. The lowest BCUT2D eigenvalue weighted by Crippen LogP contribution is -2.65. The number of hydrogen-bond acceptors (Lipinski definition) is 27. The summed E-state index contributed by atoms with van der Waals surface area (Å²) in [7, 11) is 0. The van der Waals surface area contributed by atoms with E-state index in [1.165, 1.54) is 56.3 Å². The van der Waals surface area contributed by atoms with Gasteiger partial charge in [-0.25, -0.2) is 4.79 Å². The summed E-state index contributed by atoms with van der Waals surface area (Å²) in [6, 6.07) is 18.0. The number of halogens is 2. The van der Waals surface area contributed by atoms with Crippen molar-refractivity contribution in [2.75, 3.05) is 6.61 Å². The Balaban J connectivity index is 0.992. The quantitative estimate of drug-likeness (QED) is 0.0744. The van der Waals surface area contributed by atoms with Crippen LogP contribution in [0.15, 0.2) is 133 Å². The van der Waals surface area contributed by atoms with E-state index in [9.17, 15) is 65.4 Å². The lowest BCUT2D eigenvalue weighted by molar-refractivity contribution is -0.334. The van der Waals surface area contributed by atoms with E-state index in [-0.39, 0.29) is 52.6 Å². The largest absolute Gasteiger partial charge is 0.508 e. The van der Waals surface area contributed by atoms with E-state index in [2.05, 4.69) is 31.9 Å². The van der Waals surface area contributed by atoms with Crippen LogP contribution in [0.4, 0.5) is 0 Å². The van der Waals surface area contributed by atoms with E-state index in [1.54, 1.807) is 26.0 Å². The Morgan fingerprint density at radius 3 is 1.90 bits per heavy atom. The first-order valence-corrected chi connectivity index (χ1v) is 37.3. The molecule has 0 aliphatic carbocycles. The molecule has 3 fully saturated rings.